The van der Waals surface area contributed by atoms with Gasteiger partial charge in [0, 0.05) is 16.8 Å². The van der Waals surface area contributed by atoms with Crippen molar-refractivity contribution >= 4 is 11.9 Å². The molecule has 7 nitrogen and oxygen atoms in total. The number of benzene rings is 2. The van der Waals surface area contributed by atoms with Crippen molar-refractivity contribution < 1.29 is 9.53 Å². The van der Waals surface area contributed by atoms with E-state index in [0.717, 1.165) is 16.7 Å². The number of nitrogens with two attached hydrogens (primary N) is 1. The molecule has 28 heavy (non-hydrogen) atoms. The monoisotopic (exact) mass is 375 g/mol. The Hall–Kier alpha value is -3.61. The average molecular weight is 375 g/mol. The molecule has 2 heterocycles. The minimum atomic E-state index is -0.532. The van der Waals surface area contributed by atoms with Gasteiger partial charge in [-0.25, -0.2) is 4.68 Å². The van der Waals surface area contributed by atoms with E-state index in [1.54, 1.807) is 11.8 Å². The zero-order valence-corrected chi connectivity index (χ0v) is 15.9. The summed E-state index contributed by atoms with van der Waals surface area (Å²) in [6.45, 7) is 3.83. The molecule has 0 fully saturated rings. The van der Waals surface area contributed by atoms with Gasteiger partial charge in [0.25, 0.3) is 0 Å². The highest BCUT2D eigenvalue weighted by molar-refractivity contribution is 5.95. The topological polar surface area (TPSA) is 95.1 Å². The minimum Gasteiger partial charge on any atom is -0.496 e. The van der Waals surface area contributed by atoms with E-state index in [-0.39, 0.29) is 0 Å². The van der Waals surface area contributed by atoms with Crippen LogP contribution in [-0.2, 0) is 4.79 Å². The second kappa shape index (κ2) is 6.84. The number of methoxy groups -OCH3 is 1. The van der Waals surface area contributed by atoms with Gasteiger partial charge < -0.3 is 15.8 Å². The van der Waals surface area contributed by atoms with Gasteiger partial charge in [-0.2, -0.15) is 4.98 Å². The number of rotatable bonds is 4. The van der Waals surface area contributed by atoms with Gasteiger partial charge in [0.05, 0.1) is 12.7 Å². The molecule has 4 rings (SSSR count). The lowest BCUT2D eigenvalue weighted by atomic mass is 9.94. The standard InChI is InChI=1S/C21H21N5O2/c1-12-7-6-8-14(11-12)20-24-21-23-13(2)17(19(22)27)18(26(21)25-20)15-9-4-5-10-16(15)28-3/h4-11,18H,1-3H3,(H2,22,27)(H,23,24,25)/t18-/m1/s1. The largest absolute Gasteiger partial charge is 0.496 e. The highest BCUT2D eigenvalue weighted by Crippen LogP contribution is 2.39. The van der Waals surface area contributed by atoms with E-state index in [9.17, 15) is 4.79 Å². The van der Waals surface area contributed by atoms with E-state index in [1.807, 2.05) is 62.4 Å². The van der Waals surface area contributed by atoms with E-state index in [1.165, 1.54) is 0 Å². The molecule has 3 N–H and O–H groups in total. The van der Waals surface area contributed by atoms with Crippen LogP contribution in [0.5, 0.6) is 5.75 Å². The van der Waals surface area contributed by atoms with Crippen molar-refractivity contribution in [3.8, 4) is 17.1 Å². The predicted octanol–water partition coefficient (Wildman–Crippen LogP) is 3.04. The number of carbonyl (C=O) groups is 1. The summed E-state index contributed by atoms with van der Waals surface area (Å²) < 4.78 is 7.22. The van der Waals surface area contributed by atoms with Gasteiger partial charge >= 0.3 is 0 Å². The summed E-state index contributed by atoms with van der Waals surface area (Å²) in [6, 6.07) is 15.0. The molecule has 1 atom stereocenters. The van der Waals surface area contributed by atoms with Crippen molar-refractivity contribution in [3.63, 3.8) is 0 Å². The fourth-order valence-electron chi connectivity index (χ4n) is 3.56. The summed E-state index contributed by atoms with van der Waals surface area (Å²) in [5.74, 6) is 1.26. The molecular formula is C21H21N5O2. The molecule has 1 aliphatic heterocycles. The van der Waals surface area contributed by atoms with Crippen molar-refractivity contribution in [3.05, 3.63) is 70.9 Å². The highest BCUT2D eigenvalue weighted by Gasteiger charge is 2.34. The lowest BCUT2D eigenvalue weighted by Gasteiger charge is -2.28. The normalized spacial score (nSPS) is 15.8. The maximum absolute atomic E-state index is 12.3. The van der Waals surface area contributed by atoms with Crippen LogP contribution in [0.25, 0.3) is 11.4 Å². The van der Waals surface area contributed by atoms with Gasteiger partial charge in [-0.05, 0) is 26.0 Å². The van der Waals surface area contributed by atoms with Crippen LogP contribution in [-0.4, -0.2) is 27.8 Å². The van der Waals surface area contributed by atoms with Gasteiger partial charge in [-0.1, -0.05) is 42.0 Å². The fourth-order valence-corrected chi connectivity index (χ4v) is 3.56. The number of aromatic nitrogens is 3. The first-order valence-corrected chi connectivity index (χ1v) is 8.93. The van der Waals surface area contributed by atoms with Crippen LogP contribution < -0.4 is 15.8 Å². The molecule has 0 radical (unpaired) electrons. The molecule has 0 bridgehead atoms. The summed E-state index contributed by atoms with van der Waals surface area (Å²) in [5, 5.41) is 7.87. The van der Waals surface area contributed by atoms with E-state index in [4.69, 9.17) is 15.6 Å². The van der Waals surface area contributed by atoms with Crippen LogP contribution in [0.3, 0.4) is 0 Å². The zero-order chi connectivity index (χ0) is 19.8. The number of hydrogen-bond acceptors (Lipinski definition) is 5. The Bertz CT molecular complexity index is 1100. The molecule has 1 aromatic heterocycles. The number of aryl methyl sites for hydroxylation is 1. The third-order valence-electron chi connectivity index (χ3n) is 4.83. The van der Waals surface area contributed by atoms with Crippen molar-refractivity contribution in [1.29, 1.82) is 0 Å². The summed E-state index contributed by atoms with van der Waals surface area (Å²) in [6.07, 6.45) is 0. The Morgan fingerprint density at radius 3 is 2.68 bits per heavy atom. The molecule has 0 saturated heterocycles. The maximum Gasteiger partial charge on any atom is 0.248 e. The molecule has 1 amide bonds. The minimum absolute atomic E-state index is 0.428. The van der Waals surface area contributed by atoms with Crippen molar-refractivity contribution in [2.75, 3.05) is 12.4 Å². The van der Waals surface area contributed by atoms with Crippen LogP contribution >= 0.6 is 0 Å². The molecule has 3 aromatic rings. The van der Waals surface area contributed by atoms with E-state index in [0.29, 0.717) is 28.8 Å². The van der Waals surface area contributed by atoms with Gasteiger partial charge in [-0.3, -0.25) is 4.79 Å². The van der Waals surface area contributed by atoms with Crippen LogP contribution in [0.1, 0.15) is 24.1 Å². The maximum atomic E-state index is 12.3. The van der Waals surface area contributed by atoms with Crippen LogP contribution in [0.4, 0.5) is 5.95 Å². The molecule has 1 aliphatic rings. The first kappa shape index (κ1) is 17.8. The second-order valence-corrected chi connectivity index (χ2v) is 6.75. The number of primary amides is 1. The number of para-hydroxylation sites is 1. The smallest absolute Gasteiger partial charge is 0.248 e. The van der Waals surface area contributed by atoms with E-state index >= 15 is 0 Å². The van der Waals surface area contributed by atoms with Gasteiger partial charge in [0.1, 0.15) is 11.8 Å². The van der Waals surface area contributed by atoms with Gasteiger partial charge in [-0.15, -0.1) is 5.10 Å². The number of nitrogens with one attached hydrogen (secondary N) is 1. The number of fused-ring (bicyclic) bond motifs is 1. The molecule has 0 saturated carbocycles. The summed E-state index contributed by atoms with van der Waals surface area (Å²) in [4.78, 5) is 17.0. The van der Waals surface area contributed by atoms with Crippen LogP contribution in [0.2, 0.25) is 0 Å². The second-order valence-electron chi connectivity index (χ2n) is 6.75. The first-order valence-electron chi connectivity index (χ1n) is 8.93. The number of allylic oxidation sites excluding steroid dienone is 1. The van der Waals surface area contributed by atoms with Gasteiger partial charge in [0.2, 0.25) is 11.9 Å². The Morgan fingerprint density at radius 2 is 1.96 bits per heavy atom. The summed E-state index contributed by atoms with van der Waals surface area (Å²) in [5.41, 5.74) is 9.63. The Balaban J connectivity index is 1.92. The molecule has 2 aromatic carbocycles. The van der Waals surface area contributed by atoms with Gasteiger partial charge in [0.15, 0.2) is 5.82 Å². The molecule has 142 valence electrons. The molecular weight excluding hydrogens is 354 g/mol. The quantitative estimate of drug-likeness (QED) is 0.731. The van der Waals surface area contributed by atoms with E-state index in [2.05, 4.69) is 10.3 Å². The predicted molar refractivity (Wildman–Crippen MR) is 107 cm³/mol. The Labute approximate surface area is 162 Å². The van der Waals surface area contributed by atoms with Crippen molar-refractivity contribution in [2.45, 2.75) is 19.9 Å². The third kappa shape index (κ3) is 2.90. The molecule has 0 aliphatic carbocycles. The number of amides is 1. The lowest BCUT2D eigenvalue weighted by Crippen LogP contribution is -2.32. The molecule has 7 heteroatoms. The lowest BCUT2D eigenvalue weighted by molar-refractivity contribution is -0.115. The highest BCUT2D eigenvalue weighted by atomic mass is 16.5. The summed E-state index contributed by atoms with van der Waals surface area (Å²) >= 11 is 0. The average Bonchev–Trinajstić information content (AvgIpc) is 3.10. The van der Waals surface area contributed by atoms with Crippen molar-refractivity contribution in [1.82, 2.24) is 14.8 Å². The number of hydrogen-bond donors (Lipinski definition) is 2. The van der Waals surface area contributed by atoms with E-state index < -0.39 is 11.9 Å². The number of ether oxygens (including phenoxy) is 1. The van der Waals surface area contributed by atoms with Crippen molar-refractivity contribution in [2.24, 2.45) is 5.73 Å². The first-order chi connectivity index (χ1) is 13.5. The number of nitrogens with zero attached hydrogens (tertiary/aromatic N) is 3. The number of carbonyl (C=O) groups excluding carboxylic acids is 1. The SMILES string of the molecule is COc1ccccc1[C@@H]1C(C(N)=O)=C(C)Nc2nc(-c3cccc(C)c3)nn21. The third-order valence-corrected chi connectivity index (χ3v) is 4.83. The van der Waals surface area contributed by atoms with Crippen LogP contribution in [0.15, 0.2) is 59.8 Å². The fraction of sp³-hybridized carbons (Fsp3) is 0.190. The number of anilines is 1. The zero-order valence-electron chi connectivity index (χ0n) is 15.9. The Kier molecular flexibility index (Phi) is 4.35. The molecule has 0 unspecified atom stereocenters. The summed E-state index contributed by atoms with van der Waals surface area (Å²) in [7, 11) is 1.60. The Morgan fingerprint density at radius 1 is 1.18 bits per heavy atom. The molecule has 0 spiro atoms. The van der Waals surface area contributed by atoms with Crippen LogP contribution in [0, 0.1) is 6.92 Å².